The maximum absolute atomic E-state index is 5.58. The summed E-state index contributed by atoms with van der Waals surface area (Å²) in [6.45, 7) is 4.49. The van der Waals surface area contributed by atoms with E-state index in [1.54, 1.807) is 0 Å². The Kier molecular flexibility index (Phi) is 3.56. The standard InChI is InChI=1S/C21H21N3O/c1-2-6-16(7-3-1)24-11-10-18-20(23-12-14-25-15-13-23)17-8-4-5-9-19(17)22-21(18)24/h1-9H,10-15H2. The molecule has 0 bridgehead atoms. The fraction of sp³-hybridized carbons (Fsp3) is 0.286. The highest BCUT2D eigenvalue weighted by atomic mass is 16.5. The molecule has 0 amide bonds. The van der Waals surface area contributed by atoms with Crippen molar-refractivity contribution in [2.45, 2.75) is 6.42 Å². The molecule has 0 spiro atoms. The molecule has 0 unspecified atom stereocenters. The molecule has 3 heterocycles. The van der Waals surface area contributed by atoms with E-state index in [1.165, 1.54) is 22.3 Å². The number of ether oxygens (including phenoxy) is 1. The van der Waals surface area contributed by atoms with Crippen LogP contribution in [-0.4, -0.2) is 37.8 Å². The lowest BCUT2D eigenvalue weighted by Gasteiger charge is -2.31. The van der Waals surface area contributed by atoms with Crippen molar-refractivity contribution in [3.8, 4) is 0 Å². The van der Waals surface area contributed by atoms with Gasteiger partial charge in [-0.1, -0.05) is 36.4 Å². The Bertz CT molecular complexity index is 904. The molecular weight excluding hydrogens is 310 g/mol. The van der Waals surface area contributed by atoms with Crippen LogP contribution in [0.3, 0.4) is 0 Å². The van der Waals surface area contributed by atoms with Gasteiger partial charge in [-0.3, -0.25) is 0 Å². The van der Waals surface area contributed by atoms with E-state index in [0.717, 1.165) is 50.6 Å². The molecule has 2 aliphatic heterocycles. The lowest BCUT2D eigenvalue weighted by Crippen LogP contribution is -2.37. The van der Waals surface area contributed by atoms with E-state index in [9.17, 15) is 0 Å². The quantitative estimate of drug-likeness (QED) is 0.715. The van der Waals surface area contributed by atoms with Crippen LogP contribution >= 0.6 is 0 Å². The molecular formula is C21H21N3O. The maximum Gasteiger partial charge on any atom is 0.139 e. The Morgan fingerprint density at radius 2 is 1.60 bits per heavy atom. The predicted molar refractivity (Wildman–Crippen MR) is 102 cm³/mol. The Morgan fingerprint density at radius 3 is 2.44 bits per heavy atom. The van der Waals surface area contributed by atoms with Gasteiger partial charge in [0.1, 0.15) is 5.82 Å². The van der Waals surface area contributed by atoms with Crippen molar-refractivity contribution in [3.05, 3.63) is 60.2 Å². The van der Waals surface area contributed by atoms with Gasteiger partial charge >= 0.3 is 0 Å². The van der Waals surface area contributed by atoms with Gasteiger partial charge in [-0.25, -0.2) is 4.98 Å². The highest BCUT2D eigenvalue weighted by molar-refractivity contribution is 5.97. The van der Waals surface area contributed by atoms with E-state index >= 15 is 0 Å². The smallest absolute Gasteiger partial charge is 0.139 e. The molecule has 1 aromatic heterocycles. The number of aromatic nitrogens is 1. The predicted octanol–water partition coefficient (Wildman–Crippen LogP) is 3.77. The Morgan fingerprint density at radius 1 is 0.840 bits per heavy atom. The van der Waals surface area contributed by atoms with Gasteiger partial charge in [0, 0.05) is 36.3 Å². The average molecular weight is 331 g/mol. The molecule has 2 aromatic carbocycles. The van der Waals surface area contributed by atoms with Gasteiger partial charge < -0.3 is 14.5 Å². The molecule has 0 N–H and O–H groups in total. The summed E-state index contributed by atoms with van der Waals surface area (Å²) in [5, 5.41) is 1.26. The zero-order valence-corrected chi connectivity index (χ0v) is 14.2. The first-order valence-electron chi connectivity index (χ1n) is 8.99. The second kappa shape index (κ2) is 6.05. The van der Waals surface area contributed by atoms with Crippen molar-refractivity contribution in [1.82, 2.24) is 4.98 Å². The zero-order valence-electron chi connectivity index (χ0n) is 14.2. The number of hydrogen-bond acceptors (Lipinski definition) is 4. The van der Waals surface area contributed by atoms with E-state index in [-0.39, 0.29) is 0 Å². The Hall–Kier alpha value is -2.59. The van der Waals surface area contributed by atoms with Crippen molar-refractivity contribution in [2.24, 2.45) is 0 Å². The number of hydrogen-bond donors (Lipinski definition) is 0. The maximum atomic E-state index is 5.58. The lowest BCUT2D eigenvalue weighted by molar-refractivity contribution is 0.123. The Balaban J connectivity index is 1.71. The molecule has 0 atom stereocenters. The SMILES string of the molecule is c1ccc(N2CCc3c2nc2ccccc2c3N2CCOCC2)cc1. The highest BCUT2D eigenvalue weighted by Crippen LogP contribution is 2.42. The van der Waals surface area contributed by atoms with Crippen molar-refractivity contribution >= 4 is 28.1 Å². The number of nitrogens with zero attached hydrogens (tertiary/aromatic N) is 3. The summed E-state index contributed by atoms with van der Waals surface area (Å²) >= 11 is 0. The number of rotatable bonds is 2. The summed E-state index contributed by atoms with van der Waals surface area (Å²) in [6, 6.07) is 19.1. The van der Waals surface area contributed by atoms with E-state index in [4.69, 9.17) is 9.72 Å². The van der Waals surface area contributed by atoms with Gasteiger partial charge in [-0.2, -0.15) is 0 Å². The van der Waals surface area contributed by atoms with Crippen LogP contribution in [0.25, 0.3) is 10.9 Å². The van der Waals surface area contributed by atoms with E-state index in [1.807, 2.05) is 0 Å². The zero-order chi connectivity index (χ0) is 16.6. The van der Waals surface area contributed by atoms with Crippen LogP contribution in [0.5, 0.6) is 0 Å². The summed E-state index contributed by atoms with van der Waals surface area (Å²) < 4.78 is 5.58. The number of para-hydroxylation sites is 2. The van der Waals surface area contributed by atoms with Crippen LogP contribution in [0.15, 0.2) is 54.6 Å². The van der Waals surface area contributed by atoms with Gasteiger partial charge in [0.2, 0.25) is 0 Å². The molecule has 5 rings (SSSR count). The number of benzene rings is 2. The average Bonchev–Trinajstić information content (AvgIpc) is 3.11. The first-order chi connectivity index (χ1) is 12.4. The largest absolute Gasteiger partial charge is 0.378 e. The monoisotopic (exact) mass is 331 g/mol. The van der Waals surface area contributed by atoms with Crippen LogP contribution in [0.1, 0.15) is 5.56 Å². The third-order valence-electron chi connectivity index (χ3n) is 5.18. The van der Waals surface area contributed by atoms with Gasteiger partial charge in [0.05, 0.1) is 24.4 Å². The summed E-state index contributed by atoms with van der Waals surface area (Å²) in [6.07, 6.45) is 1.04. The van der Waals surface area contributed by atoms with Gasteiger partial charge in [-0.15, -0.1) is 0 Å². The molecule has 1 fully saturated rings. The third kappa shape index (κ3) is 2.45. The first kappa shape index (κ1) is 14.7. The molecule has 2 aliphatic rings. The first-order valence-corrected chi connectivity index (χ1v) is 8.99. The number of pyridine rings is 1. The lowest BCUT2D eigenvalue weighted by atomic mass is 10.1. The fourth-order valence-electron chi connectivity index (χ4n) is 4.01. The minimum atomic E-state index is 0.799. The number of morpholine rings is 1. The molecule has 1 saturated heterocycles. The van der Waals surface area contributed by atoms with Crippen LogP contribution in [0, 0.1) is 0 Å². The summed E-state index contributed by atoms with van der Waals surface area (Å²) in [5.41, 5.74) is 5.04. The summed E-state index contributed by atoms with van der Waals surface area (Å²) in [7, 11) is 0. The minimum absolute atomic E-state index is 0.799. The number of anilines is 3. The second-order valence-corrected chi connectivity index (χ2v) is 6.62. The van der Waals surface area contributed by atoms with Crippen molar-refractivity contribution < 1.29 is 4.74 Å². The van der Waals surface area contributed by atoms with E-state index < -0.39 is 0 Å². The van der Waals surface area contributed by atoms with Gasteiger partial charge in [0.15, 0.2) is 0 Å². The van der Waals surface area contributed by atoms with Crippen LogP contribution < -0.4 is 9.80 Å². The van der Waals surface area contributed by atoms with Crippen LogP contribution in [-0.2, 0) is 11.2 Å². The molecule has 126 valence electrons. The topological polar surface area (TPSA) is 28.6 Å². The third-order valence-corrected chi connectivity index (χ3v) is 5.18. The summed E-state index contributed by atoms with van der Waals surface area (Å²) in [5.74, 6) is 1.12. The van der Waals surface area contributed by atoms with Crippen LogP contribution in [0.4, 0.5) is 17.2 Å². The van der Waals surface area contributed by atoms with Gasteiger partial charge in [-0.05, 0) is 24.6 Å². The second-order valence-electron chi connectivity index (χ2n) is 6.62. The minimum Gasteiger partial charge on any atom is -0.378 e. The molecule has 0 radical (unpaired) electrons. The normalized spacial score (nSPS) is 17.1. The molecule has 4 nitrogen and oxygen atoms in total. The molecule has 3 aromatic rings. The highest BCUT2D eigenvalue weighted by Gasteiger charge is 2.29. The molecule has 0 aliphatic carbocycles. The van der Waals surface area contributed by atoms with Crippen molar-refractivity contribution in [2.75, 3.05) is 42.6 Å². The molecule has 0 saturated carbocycles. The van der Waals surface area contributed by atoms with Crippen molar-refractivity contribution in [1.29, 1.82) is 0 Å². The fourth-order valence-corrected chi connectivity index (χ4v) is 4.01. The van der Waals surface area contributed by atoms with Gasteiger partial charge in [0.25, 0.3) is 0 Å². The number of fused-ring (bicyclic) bond motifs is 2. The van der Waals surface area contributed by atoms with E-state index in [0.29, 0.717) is 0 Å². The summed E-state index contributed by atoms with van der Waals surface area (Å²) in [4.78, 5) is 9.88. The van der Waals surface area contributed by atoms with Crippen LogP contribution in [0.2, 0.25) is 0 Å². The van der Waals surface area contributed by atoms with E-state index in [2.05, 4.69) is 64.4 Å². The Labute approximate surface area is 147 Å². The molecule has 4 heteroatoms. The molecule has 25 heavy (non-hydrogen) atoms. The van der Waals surface area contributed by atoms with Crippen molar-refractivity contribution in [3.63, 3.8) is 0 Å².